The van der Waals surface area contributed by atoms with Crippen LogP contribution in [-0.2, 0) is 0 Å². The molecule has 0 aromatic heterocycles. The number of carbonyl (C=O) groups is 1. The van der Waals surface area contributed by atoms with Crippen LogP contribution in [0.5, 0.6) is 0 Å². The molecule has 0 aliphatic carbocycles. The van der Waals surface area contributed by atoms with E-state index in [0.29, 0.717) is 5.56 Å². The smallest absolute Gasteiger partial charge is 0.248 e. The Hall–Kier alpha value is -1.94. The molecule has 4 N–H and O–H groups in total. The van der Waals surface area contributed by atoms with Crippen LogP contribution in [0.25, 0.3) is 0 Å². The van der Waals surface area contributed by atoms with Crippen LogP contribution >= 0.6 is 11.8 Å². The number of carbonyl (C=O) groups excluding carboxylic acids is 1. The quantitative estimate of drug-likeness (QED) is 0.815. The lowest BCUT2D eigenvalue weighted by atomic mass is 10.2. The predicted octanol–water partition coefficient (Wildman–Crippen LogP) is 2.52. The monoisotopic (exact) mass is 244 g/mol. The minimum absolute atomic E-state index is 0.408. The molecule has 17 heavy (non-hydrogen) atoms. The van der Waals surface area contributed by atoms with Gasteiger partial charge in [-0.05, 0) is 48.5 Å². The SMILES string of the molecule is NC(=O)c1ccc(Sc2ccc(N)cc2)cc1. The minimum Gasteiger partial charge on any atom is -0.399 e. The molecule has 0 saturated heterocycles. The normalized spacial score (nSPS) is 10.1. The zero-order valence-electron chi connectivity index (χ0n) is 9.09. The van der Waals surface area contributed by atoms with E-state index in [0.717, 1.165) is 15.5 Å². The average Bonchev–Trinajstić information content (AvgIpc) is 2.33. The average molecular weight is 244 g/mol. The second-order valence-electron chi connectivity index (χ2n) is 3.56. The summed E-state index contributed by atoms with van der Waals surface area (Å²) >= 11 is 1.61. The number of benzene rings is 2. The van der Waals surface area contributed by atoms with E-state index in [1.54, 1.807) is 23.9 Å². The van der Waals surface area contributed by atoms with Gasteiger partial charge in [-0.1, -0.05) is 11.8 Å². The van der Waals surface area contributed by atoms with E-state index in [4.69, 9.17) is 11.5 Å². The molecule has 86 valence electrons. The van der Waals surface area contributed by atoms with Crippen molar-refractivity contribution in [1.29, 1.82) is 0 Å². The summed E-state index contributed by atoms with van der Waals surface area (Å²) < 4.78 is 0. The second kappa shape index (κ2) is 4.93. The molecule has 3 nitrogen and oxygen atoms in total. The maximum Gasteiger partial charge on any atom is 0.248 e. The lowest BCUT2D eigenvalue weighted by Crippen LogP contribution is -2.10. The standard InChI is InChI=1S/C13H12N2OS/c14-10-3-7-12(8-4-10)17-11-5-1-9(2-6-11)13(15)16/h1-8H,14H2,(H2,15,16). The van der Waals surface area contributed by atoms with E-state index >= 15 is 0 Å². The van der Waals surface area contributed by atoms with Gasteiger partial charge in [0.2, 0.25) is 5.91 Å². The molecule has 0 radical (unpaired) electrons. The van der Waals surface area contributed by atoms with E-state index < -0.39 is 5.91 Å². The first-order chi connectivity index (χ1) is 8.15. The number of anilines is 1. The first kappa shape index (κ1) is 11.5. The van der Waals surface area contributed by atoms with Crippen molar-refractivity contribution in [2.75, 3.05) is 5.73 Å². The van der Waals surface area contributed by atoms with Crippen molar-refractivity contribution >= 4 is 23.4 Å². The van der Waals surface area contributed by atoms with Crippen LogP contribution < -0.4 is 11.5 Å². The van der Waals surface area contributed by atoms with Crippen LogP contribution in [0, 0.1) is 0 Å². The maximum absolute atomic E-state index is 10.9. The fourth-order valence-electron chi connectivity index (χ4n) is 1.36. The summed E-state index contributed by atoms with van der Waals surface area (Å²) in [5, 5.41) is 0. The van der Waals surface area contributed by atoms with E-state index in [9.17, 15) is 4.79 Å². The molecule has 2 aromatic rings. The highest BCUT2D eigenvalue weighted by atomic mass is 32.2. The Morgan fingerprint density at radius 1 is 0.882 bits per heavy atom. The Kier molecular flexibility index (Phi) is 3.35. The molecule has 0 heterocycles. The number of primary amides is 1. The van der Waals surface area contributed by atoms with Crippen molar-refractivity contribution in [3.63, 3.8) is 0 Å². The molecule has 0 spiro atoms. The summed E-state index contributed by atoms with van der Waals surface area (Å²) in [6.45, 7) is 0. The van der Waals surface area contributed by atoms with Gasteiger partial charge < -0.3 is 11.5 Å². The van der Waals surface area contributed by atoms with Crippen LogP contribution in [0.4, 0.5) is 5.69 Å². The van der Waals surface area contributed by atoms with E-state index in [1.165, 1.54) is 0 Å². The molecule has 0 saturated carbocycles. The Bertz CT molecular complexity index is 520. The van der Waals surface area contributed by atoms with Gasteiger partial charge >= 0.3 is 0 Å². The third kappa shape index (κ3) is 3.01. The highest BCUT2D eigenvalue weighted by Crippen LogP contribution is 2.28. The van der Waals surface area contributed by atoms with E-state index in [-0.39, 0.29) is 0 Å². The maximum atomic E-state index is 10.9. The second-order valence-corrected chi connectivity index (χ2v) is 4.71. The fourth-order valence-corrected chi connectivity index (χ4v) is 2.18. The third-order valence-electron chi connectivity index (χ3n) is 2.25. The first-order valence-corrected chi connectivity index (χ1v) is 5.90. The van der Waals surface area contributed by atoms with Crippen molar-refractivity contribution in [3.8, 4) is 0 Å². The van der Waals surface area contributed by atoms with Crippen molar-refractivity contribution < 1.29 is 4.79 Å². The molecule has 0 bridgehead atoms. The summed E-state index contributed by atoms with van der Waals surface area (Å²) in [4.78, 5) is 13.1. The Morgan fingerprint density at radius 3 is 1.82 bits per heavy atom. The van der Waals surface area contributed by atoms with Crippen molar-refractivity contribution in [2.24, 2.45) is 5.73 Å². The Labute approximate surface area is 104 Å². The Balaban J connectivity index is 2.13. The summed E-state index contributed by atoms with van der Waals surface area (Å²) in [5.74, 6) is -0.408. The Morgan fingerprint density at radius 2 is 1.35 bits per heavy atom. The van der Waals surface area contributed by atoms with E-state index in [1.807, 2.05) is 36.4 Å². The summed E-state index contributed by atoms with van der Waals surface area (Å²) in [7, 11) is 0. The number of nitrogen functional groups attached to an aromatic ring is 1. The molecule has 0 fully saturated rings. The number of nitrogens with two attached hydrogens (primary N) is 2. The van der Waals surface area contributed by atoms with Gasteiger partial charge in [0.15, 0.2) is 0 Å². The number of hydrogen-bond donors (Lipinski definition) is 2. The summed E-state index contributed by atoms with van der Waals surface area (Å²) in [5.41, 5.74) is 12.1. The minimum atomic E-state index is -0.408. The van der Waals surface area contributed by atoms with Crippen LogP contribution in [0.1, 0.15) is 10.4 Å². The van der Waals surface area contributed by atoms with Crippen LogP contribution in [0.3, 0.4) is 0 Å². The van der Waals surface area contributed by atoms with Gasteiger partial charge in [-0.15, -0.1) is 0 Å². The zero-order chi connectivity index (χ0) is 12.3. The van der Waals surface area contributed by atoms with Gasteiger partial charge in [-0.3, -0.25) is 4.79 Å². The lowest BCUT2D eigenvalue weighted by Gasteiger charge is -2.02. The molecule has 0 atom stereocenters. The van der Waals surface area contributed by atoms with Gasteiger partial charge in [0.25, 0.3) is 0 Å². The largest absolute Gasteiger partial charge is 0.399 e. The summed E-state index contributed by atoms with van der Waals surface area (Å²) in [6, 6.07) is 14.8. The van der Waals surface area contributed by atoms with E-state index in [2.05, 4.69) is 0 Å². The topological polar surface area (TPSA) is 69.1 Å². The van der Waals surface area contributed by atoms with Gasteiger partial charge in [-0.2, -0.15) is 0 Å². The molecule has 4 heteroatoms. The zero-order valence-corrected chi connectivity index (χ0v) is 9.91. The number of rotatable bonds is 3. The van der Waals surface area contributed by atoms with Gasteiger partial charge in [0.1, 0.15) is 0 Å². The van der Waals surface area contributed by atoms with Crippen molar-refractivity contribution in [3.05, 3.63) is 54.1 Å². The van der Waals surface area contributed by atoms with Gasteiger partial charge in [0, 0.05) is 21.0 Å². The molecule has 0 aliphatic heterocycles. The predicted molar refractivity (Wildman–Crippen MR) is 69.9 cm³/mol. The molecule has 2 rings (SSSR count). The number of hydrogen-bond acceptors (Lipinski definition) is 3. The van der Waals surface area contributed by atoms with Crippen molar-refractivity contribution in [1.82, 2.24) is 0 Å². The van der Waals surface area contributed by atoms with Gasteiger partial charge in [0.05, 0.1) is 0 Å². The highest BCUT2D eigenvalue weighted by molar-refractivity contribution is 7.99. The first-order valence-electron chi connectivity index (χ1n) is 5.08. The van der Waals surface area contributed by atoms with Crippen LogP contribution in [0.2, 0.25) is 0 Å². The molecular formula is C13H12N2OS. The summed E-state index contributed by atoms with van der Waals surface area (Å²) in [6.07, 6.45) is 0. The lowest BCUT2D eigenvalue weighted by molar-refractivity contribution is 0.100. The van der Waals surface area contributed by atoms with Gasteiger partial charge in [-0.25, -0.2) is 0 Å². The van der Waals surface area contributed by atoms with Crippen LogP contribution in [-0.4, -0.2) is 5.91 Å². The molecular weight excluding hydrogens is 232 g/mol. The fraction of sp³-hybridized carbons (Fsp3) is 0. The number of amides is 1. The van der Waals surface area contributed by atoms with Crippen molar-refractivity contribution in [2.45, 2.75) is 9.79 Å². The molecule has 0 aliphatic rings. The molecule has 2 aromatic carbocycles. The highest BCUT2D eigenvalue weighted by Gasteiger charge is 2.01. The third-order valence-corrected chi connectivity index (χ3v) is 3.27. The van der Waals surface area contributed by atoms with Crippen LogP contribution in [0.15, 0.2) is 58.3 Å². The molecule has 0 unspecified atom stereocenters. The molecule has 1 amide bonds.